The molecule has 1 N–H and O–H groups in total. The molecule has 0 aromatic heterocycles. The standard InChI is InChI=1S/C29H23NO4/c31-28(32)18-30(22-16-14-21(15-17-22)20-8-2-1-3-9-20)29(33)34-19-27-25-12-6-4-10-23(25)24-11-5-7-13-26(24)27/h1-17,27H,18-19H2,(H,31,32). The van der Waals surface area contributed by atoms with E-state index in [9.17, 15) is 14.7 Å². The summed E-state index contributed by atoms with van der Waals surface area (Å²) in [5.41, 5.74) is 6.98. The molecule has 1 aliphatic carbocycles. The summed E-state index contributed by atoms with van der Waals surface area (Å²) in [6, 6.07) is 33.3. The van der Waals surface area contributed by atoms with Crippen LogP contribution >= 0.6 is 0 Å². The Hall–Kier alpha value is -4.38. The van der Waals surface area contributed by atoms with Crippen LogP contribution in [0.2, 0.25) is 0 Å². The predicted molar refractivity (Wildman–Crippen MR) is 132 cm³/mol. The van der Waals surface area contributed by atoms with E-state index in [0.717, 1.165) is 38.3 Å². The van der Waals surface area contributed by atoms with Crippen molar-refractivity contribution in [3.8, 4) is 22.3 Å². The van der Waals surface area contributed by atoms with Crippen molar-refractivity contribution in [2.24, 2.45) is 0 Å². The molecule has 0 spiro atoms. The molecule has 5 nitrogen and oxygen atoms in total. The van der Waals surface area contributed by atoms with Crippen LogP contribution in [0, 0.1) is 0 Å². The molecule has 4 aromatic rings. The molecule has 0 radical (unpaired) electrons. The summed E-state index contributed by atoms with van der Waals surface area (Å²) in [5, 5.41) is 9.42. The van der Waals surface area contributed by atoms with Crippen LogP contribution in [0.25, 0.3) is 22.3 Å². The van der Waals surface area contributed by atoms with E-state index in [1.165, 1.54) is 0 Å². The zero-order valence-corrected chi connectivity index (χ0v) is 18.4. The number of rotatable bonds is 6. The largest absolute Gasteiger partial charge is 0.480 e. The number of carboxylic acids is 1. The van der Waals surface area contributed by atoms with Gasteiger partial charge in [-0.15, -0.1) is 0 Å². The fraction of sp³-hybridized carbons (Fsp3) is 0.103. The Morgan fingerprint density at radius 1 is 0.706 bits per heavy atom. The van der Waals surface area contributed by atoms with Crippen molar-refractivity contribution in [2.75, 3.05) is 18.1 Å². The van der Waals surface area contributed by atoms with Crippen LogP contribution in [0.15, 0.2) is 103 Å². The zero-order valence-electron chi connectivity index (χ0n) is 18.4. The van der Waals surface area contributed by atoms with Crippen molar-refractivity contribution in [3.63, 3.8) is 0 Å². The van der Waals surface area contributed by atoms with Crippen molar-refractivity contribution in [3.05, 3.63) is 114 Å². The van der Waals surface area contributed by atoms with Gasteiger partial charge in [-0.2, -0.15) is 0 Å². The molecular weight excluding hydrogens is 426 g/mol. The second-order valence-corrected chi connectivity index (χ2v) is 8.20. The molecule has 5 rings (SSSR count). The maximum atomic E-state index is 13.1. The summed E-state index contributed by atoms with van der Waals surface area (Å²) in [6.07, 6.45) is -0.684. The molecule has 1 aliphatic rings. The fourth-order valence-corrected chi connectivity index (χ4v) is 4.53. The van der Waals surface area contributed by atoms with E-state index in [1.807, 2.05) is 78.9 Å². The molecule has 4 aromatic carbocycles. The van der Waals surface area contributed by atoms with Gasteiger partial charge in [0.2, 0.25) is 0 Å². The molecule has 5 heteroatoms. The van der Waals surface area contributed by atoms with Crippen LogP contribution in [-0.2, 0) is 9.53 Å². The number of nitrogens with zero attached hydrogens (tertiary/aromatic N) is 1. The highest BCUT2D eigenvalue weighted by molar-refractivity contribution is 5.93. The van der Waals surface area contributed by atoms with Gasteiger partial charge in [0.25, 0.3) is 0 Å². The number of hydrogen-bond donors (Lipinski definition) is 1. The Balaban J connectivity index is 1.36. The van der Waals surface area contributed by atoms with Gasteiger partial charge in [0.1, 0.15) is 13.2 Å². The van der Waals surface area contributed by atoms with Gasteiger partial charge >= 0.3 is 12.1 Å². The Labute approximate surface area is 197 Å². The van der Waals surface area contributed by atoms with E-state index in [-0.39, 0.29) is 12.5 Å². The number of carbonyl (C=O) groups excluding carboxylic acids is 1. The fourth-order valence-electron chi connectivity index (χ4n) is 4.53. The highest BCUT2D eigenvalue weighted by Crippen LogP contribution is 2.44. The quantitative estimate of drug-likeness (QED) is 0.381. The van der Waals surface area contributed by atoms with Gasteiger partial charge in [-0.3, -0.25) is 9.69 Å². The first-order valence-corrected chi connectivity index (χ1v) is 11.1. The van der Waals surface area contributed by atoms with Crippen LogP contribution in [0.1, 0.15) is 17.0 Å². The Kier molecular flexibility index (Phi) is 5.83. The first-order chi connectivity index (χ1) is 16.6. The van der Waals surface area contributed by atoms with Crippen LogP contribution in [0.5, 0.6) is 0 Å². The summed E-state index contributed by atoms with van der Waals surface area (Å²) in [5.74, 6) is -1.20. The first kappa shape index (κ1) is 21.5. The van der Waals surface area contributed by atoms with Crippen molar-refractivity contribution in [2.45, 2.75) is 5.92 Å². The molecular formula is C29H23NO4. The Morgan fingerprint density at radius 2 is 1.24 bits per heavy atom. The number of benzene rings is 4. The lowest BCUT2D eigenvalue weighted by molar-refractivity contribution is -0.135. The van der Waals surface area contributed by atoms with Gasteiger partial charge in [-0.25, -0.2) is 4.79 Å². The van der Waals surface area contributed by atoms with E-state index in [2.05, 4.69) is 12.1 Å². The minimum atomic E-state index is -1.11. The molecule has 0 fully saturated rings. The van der Waals surface area contributed by atoms with E-state index in [0.29, 0.717) is 5.69 Å². The van der Waals surface area contributed by atoms with Crippen molar-refractivity contribution < 1.29 is 19.4 Å². The van der Waals surface area contributed by atoms with Crippen LogP contribution in [-0.4, -0.2) is 30.3 Å². The molecule has 1 amide bonds. The topological polar surface area (TPSA) is 66.8 Å². The Bertz CT molecular complexity index is 1290. The zero-order chi connectivity index (χ0) is 23.5. The van der Waals surface area contributed by atoms with Crippen LogP contribution in [0.4, 0.5) is 10.5 Å². The van der Waals surface area contributed by atoms with Gasteiger partial charge < -0.3 is 9.84 Å². The third kappa shape index (κ3) is 4.16. The van der Waals surface area contributed by atoms with E-state index in [1.54, 1.807) is 12.1 Å². The molecule has 0 saturated carbocycles. The number of hydrogen-bond acceptors (Lipinski definition) is 3. The average molecular weight is 450 g/mol. The molecule has 34 heavy (non-hydrogen) atoms. The lowest BCUT2D eigenvalue weighted by Crippen LogP contribution is -2.36. The number of anilines is 1. The minimum Gasteiger partial charge on any atom is -0.480 e. The number of aliphatic carboxylic acids is 1. The monoisotopic (exact) mass is 449 g/mol. The highest BCUT2D eigenvalue weighted by Gasteiger charge is 2.30. The lowest BCUT2D eigenvalue weighted by Gasteiger charge is -2.22. The van der Waals surface area contributed by atoms with E-state index < -0.39 is 18.6 Å². The second kappa shape index (κ2) is 9.24. The summed E-state index contributed by atoms with van der Waals surface area (Å²) >= 11 is 0. The smallest absolute Gasteiger partial charge is 0.414 e. The van der Waals surface area contributed by atoms with E-state index in [4.69, 9.17) is 4.74 Å². The molecule has 168 valence electrons. The molecule has 0 aliphatic heterocycles. The number of carboxylic acid groups (broad SMARTS) is 1. The average Bonchev–Trinajstić information content (AvgIpc) is 3.20. The summed E-state index contributed by atoms with van der Waals surface area (Å²) in [4.78, 5) is 25.7. The second-order valence-electron chi connectivity index (χ2n) is 8.20. The summed E-state index contributed by atoms with van der Waals surface area (Å²) < 4.78 is 5.70. The van der Waals surface area contributed by atoms with Gasteiger partial charge in [0.15, 0.2) is 0 Å². The van der Waals surface area contributed by atoms with E-state index >= 15 is 0 Å². The molecule has 0 heterocycles. The molecule has 0 bridgehead atoms. The van der Waals surface area contributed by atoms with Crippen molar-refractivity contribution in [1.82, 2.24) is 0 Å². The van der Waals surface area contributed by atoms with Crippen molar-refractivity contribution in [1.29, 1.82) is 0 Å². The van der Waals surface area contributed by atoms with Gasteiger partial charge in [-0.1, -0.05) is 91.0 Å². The maximum absolute atomic E-state index is 13.1. The number of amides is 1. The summed E-state index contributed by atoms with van der Waals surface area (Å²) in [7, 11) is 0. The third-order valence-electron chi connectivity index (χ3n) is 6.14. The number of fused-ring (bicyclic) bond motifs is 3. The molecule has 0 saturated heterocycles. The minimum absolute atomic E-state index is 0.0940. The molecule has 0 unspecified atom stereocenters. The third-order valence-corrected chi connectivity index (χ3v) is 6.14. The SMILES string of the molecule is O=C(O)CN(C(=O)OCC1c2ccccc2-c2ccccc21)c1ccc(-c2ccccc2)cc1. The van der Waals surface area contributed by atoms with Crippen LogP contribution in [0.3, 0.4) is 0 Å². The van der Waals surface area contributed by atoms with Crippen molar-refractivity contribution >= 4 is 17.7 Å². The normalized spacial score (nSPS) is 12.0. The lowest BCUT2D eigenvalue weighted by atomic mass is 9.98. The summed E-state index contributed by atoms with van der Waals surface area (Å²) in [6.45, 7) is -0.355. The highest BCUT2D eigenvalue weighted by atomic mass is 16.6. The molecule has 0 atom stereocenters. The van der Waals surface area contributed by atoms with Crippen LogP contribution < -0.4 is 4.90 Å². The Morgan fingerprint density at radius 3 is 1.82 bits per heavy atom. The first-order valence-electron chi connectivity index (χ1n) is 11.1. The maximum Gasteiger partial charge on any atom is 0.414 e. The number of ether oxygens (including phenoxy) is 1. The van der Waals surface area contributed by atoms with Gasteiger partial charge in [0.05, 0.1) is 0 Å². The van der Waals surface area contributed by atoms with Gasteiger partial charge in [0, 0.05) is 11.6 Å². The predicted octanol–water partition coefficient (Wildman–Crippen LogP) is 6.19. The van der Waals surface area contributed by atoms with Gasteiger partial charge in [-0.05, 0) is 45.5 Å². The number of carbonyl (C=O) groups is 2.